The maximum Gasteiger partial charge on any atom is 0.164 e. The van der Waals surface area contributed by atoms with Gasteiger partial charge in [0.25, 0.3) is 0 Å². The van der Waals surface area contributed by atoms with E-state index in [1.165, 1.54) is 12.7 Å². The zero-order valence-corrected chi connectivity index (χ0v) is 16.4. The van der Waals surface area contributed by atoms with Crippen LogP contribution in [0.1, 0.15) is 19.8 Å². The van der Waals surface area contributed by atoms with Crippen molar-refractivity contribution in [1.82, 2.24) is 25.1 Å². The molecule has 1 saturated heterocycles. The first-order chi connectivity index (χ1) is 14.2. The first-order valence-electron chi connectivity index (χ1n) is 10.1. The average molecular weight is 388 g/mol. The molecule has 3 heterocycles. The van der Waals surface area contributed by atoms with Crippen molar-refractivity contribution in [3.8, 4) is 17.0 Å². The summed E-state index contributed by atoms with van der Waals surface area (Å²) < 4.78 is 7.58. The fraction of sp³-hybridized carbons (Fsp3) is 0.318. The Labute approximate surface area is 168 Å². The molecular weight excluding hydrogens is 364 g/mol. The van der Waals surface area contributed by atoms with Crippen LogP contribution in [-0.2, 0) is 6.54 Å². The Balaban J connectivity index is 1.61. The third-order valence-electron chi connectivity index (χ3n) is 5.51. The van der Waals surface area contributed by atoms with Crippen molar-refractivity contribution < 1.29 is 4.74 Å². The lowest BCUT2D eigenvalue weighted by atomic mass is 10.0. The Kier molecular flexibility index (Phi) is 4.52. The topological polar surface area (TPSA) is 90.9 Å². The Morgan fingerprint density at radius 3 is 2.86 bits per heavy atom. The molecule has 5 rings (SSSR count). The summed E-state index contributed by atoms with van der Waals surface area (Å²) in [6.45, 7) is 4.48. The van der Waals surface area contributed by atoms with E-state index in [9.17, 15) is 0 Å². The van der Waals surface area contributed by atoms with Gasteiger partial charge in [0, 0.05) is 11.6 Å². The van der Waals surface area contributed by atoms with Gasteiger partial charge in [-0.1, -0.05) is 18.2 Å². The summed E-state index contributed by atoms with van der Waals surface area (Å²) >= 11 is 0. The number of hydrogen-bond acceptors (Lipinski definition) is 6. The number of hydrogen-bond donors (Lipinski definition) is 2. The van der Waals surface area contributed by atoms with Crippen molar-refractivity contribution in [3.63, 3.8) is 0 Å². The van der Waals surface area contributed by atoms with Crippen LogP contribution in [0.3, 0.4) is 0 Å². The third kappa shape index (κ3) is 3.27. The molecule has 1 atom stereocenters. The maximum atomic E-state index is 6.25. The molecule has 1 fully saturated rings. The number of fused-ring (bicyclic) bond motifs is 2. The van der Waals surface area contributed by atoms with Gasteiger partial charge in [0.1, 0.15) is 23.6 Å². The van der Waals surface area contributed by atoms with E-state index in [1.54, 1.807) is 0 Å². The highest BCUT2D eigenvalue weighted by molar-refractivity contribution is 6.00. The number of ether oxygens (including phenoxy) is 1. The second-order valence-corrected chi connectivity index (χ2v) is 7.44. The molecule has 1 aliphatic heterocycles. The van der Waals surface area contributed by atoms with E-state index in [2.05, 4.69) is 45.6 Å². The predicted molar refractivity (Wildman–Crippen MR) is 115 cm³/mol. The van der Waals surface area contributed by atoms with Crippen LogP contribution < -0.4 is 15.8 Å². The van der Waals surface area contributed by atoms with Crippen LogP contribution in [0.15, 0.2) is 42.7 Å². The quantitative estimate of drug-likeness (QED) is 0.545. The van der Waals surface area contributed by atoms with Crippen molar-refractivity contribution in [1.29, 1.82) is 0 Å². The SMILES string of the molecule is CCOc1ccc2cc(-c3nn(C[C@@H]4CCCN4)c4ncnc(N)c34)ccc2c1. The third-order valence-corrected chi connectivity index (χ3v) is 5.51. The van der Waals surface area contributed by atoms with E-state index in [4.69, 9.17) is 15.6 Å². The van der Waals surface area contributed by atoms with Crippen LogP contribution in [0.5, 0.6) is 5.75 Å². The summed E-state index contributed by atoms with van der Waals surface area (Å²) in [5.74, 6) is 1.34. The molecule has 0 amide bonds. The lowest BCUT2D eigenvalue weighted by Gasteiger charge is -2.10. The van der Waals surface area contributed by atoms with Crippen molar-refractivity contribution in [2.75, 3.05) is 18.9 Å². The number of rotatable bonds is 5. The number of benzene rings is 2. The molecule has 0 saturated carbocycles. The summed E-state index contributed by atoms with van der Waals surface area (Å²) in [6, 6.07) is 12.8. The number of nitrogens with zero attached hydrogens (tertiary/aromatic N) is 4. The molecule has 0 spiro atoms. The van der Waals surface area contributed by atoms with Crippen LogP contribution in [-0.4, -0.2) is 38.9 Å². The maximum absolute atomic E-state index is 6.25. The minimum Gasteiger partial charge on any atom is -0.494 e. The molecule has 0 radical (unpaired) electrons. The fourth-order valence-electron chi connectivity index (χ4n) is 4.11. The summed E-state index contributed by atoms with van der Waals surface area (Å²) in [5.41, 5.74) is 8.86. The summed E-state index contributed by atoms with van der Waals surface area (Å²) in [5, 5.41) is 11.5. The first-order valence-corrected chi connectivity index (χ1v) is 10.1. The first kappa shape index (κ1) is 17.9. The van der Waals surface area contributed by atoms with Crippen molar-refractivity contribution in [3.05, 3.63) is 42.7 Å². The highest BCUT2D eigenvalue weighted by Crippen LogP contribution is 2.33. The molecule has 0 unspecified atom stereocenters. The van der Waals surface area contributed by atoms with Crippen LogP contribution in [0.25, 0.3) is 33.1 Å². The standard InChI is InChI=1S/C22H24N6O/c1-2-29-18-8-7-14-10-16(6-5-15(14)11-18)20-19-21(23)25-13-26-22(19)28(27-20)12-17-4-3-9-24-17/h5-8,10-11,13,17,24H,2-4,9,12H2,1H3,(H2,23,25,26)/t17-/m0/s1. The molecule has 1 aliphatic rings. The Morgan fingerprint density at radius 2 is 2.03 bits per heavy atom. The lowest BCUT2D eigenvalue weighted by Crippen LogP contribution is -2.27. The van der Waals surface area contributed by atoms with Crippen molar-refractivity contribution in [2.24, 2.45) is 0 Å². The average Bonchev–Trinajstić information content (AvgIpc) is 3.37. The van der Waals surface area contributed by atoms with E-state index in [0.29, 0.717) is 18.5 Å². The Morgan fingerprint density at radius 1 is 1.17 bits per heavy atom. The van der Waals surface area contributed by atoms with Gasteiger partial charge in [0.15, 0.2) is 5.65 Å². The minimum absolute atomic E-state index is 0.413. The molecule has 3 N–H and O–H groups in total. The zero-order valence-electron chi connectivity index (χ0n) is 16.4. The Hall–Kier alpha value is -3.19. The molecular formula is C22H24N6O. The second-order valence-electron chi connectivity index (χ2n) is 7.44. The molecule has 7 nitrogen and oxygen atoms in total. The van der Waals surface area contributed by atoms with E-state index < -0.39 is 0 Å². The number of nitrogens with one attached hydrogen (secondary N) is 1. The van der Waals surface area contributed by atoms with Crippen LogP contribution in [0.4, 0.5) is 5.82 Å². The predicted octanol–water partition coefficient (Wildman–Crippen LogP) is 3.38. The van der Waals surface area contributed by atoms with E-state index in [-0.39, 0.29) is 0 Å². The van der Waals surface area contributed by atoms with Gasteiger partial charge in [-0.2, -0.15) is 5.10 Å². The molecule has 29 heavy (non-hydrogen) atoms. The summed E-state index contributed by atoms with van der Waals surface area (Å²) in [6.07, 6.45) is 3.86. The van der Waals surface area contributed by atoms with E-state index in [0.717, 1.165) is 58.3 Å². The number of nitrogens with two attached hydrogens (primary N) is 1. The van der Waals surface area contributed by atoms with Gasteiger partial charge < -0.3 is 15.8 Å². The van der Waals surface area contributed by atoms with Gasteiger partial charge >= 0.3 is 0 Å². The minimum atomic E-state index is 0.413. The van der Waals surface area contributed by atoms with Crippen LogP contribution >= 0.6 is 0 Å². The van der Waals surface area contributed by atoms with E-state index >= 15 is 0 Å². The van der Waals surface area contributed by atoms with Gasteiger partial charge in [-0.05, 0) is 55.3 Å². The monoisotopic (exact) mass is 388 g/mol. The van der Waals surface area contributed by atoms with Crippen LogP contribution in [0.2, 0.25) is 0 Å². The highest BCUT2D eigenvalue weighted by atomic mass is 16.5. The largest absolute Gasteiger partial charge is 0.494 e. The van der Waals surface area contributed by atoms with Gasteiger partial charge in [0.2, 0.25) is 0 Å². The molecule has 4 aromatic rings. The second kappa shape index (κ2) is 7.33. The lowest BCUT2D eigenvalue weighted by molar-refractivity contribution is 0.341. The molecule has 7 heteroatoms. The molecule has 0 bridgehead atoms. The molecule has 0 aliphatic carbocycles. The molecule has 2 aromatic carbocycles. The van der Waals surface area contributed by atoms with Gasteiger partial charge in [-0.3, -0.25) is 0 Å². The number of anilines is 1. The van der Waals surface area contributed by atoms with Crippen molar-refractivity contribution in [2.45, 2.75) is 32.4 Å². The van der Waals surface area contributed by atoms with Gasteiger partial charge in [0.05, 0.1) is 18.5 Å². The number of nitrogen functional groups attached to an aromatic ring is 1. The smallest absolute Gasteiger partial charge is 0.164 e. The van der Waals surface area contributed by atoms with Gasteiger partial charge in [-0.15, -0.1) is 0 Å². The highest BCUT2D eigenvalue weighted by Gasteiger charge is 2.21. The molecule has 148 valence electrons. The number of aromatic nitrogens is 4. The van der Waals surface area contributed by atoms with Gasteiger partial charge in [-0.25, -0.2) is 14.6 Å². The molecule has 2 aromatic heterocycles. The fourth-order valence-corrected chi connectivity index (χ4v) is 4.11. The van der Waals surface area contributed by atoms with Crippen LogP contribution in [0, 0.1) is 0 Å². The van der Waals surface area contributed by atoms with Crippen molar-refractivity contribution >= 4 is 27.6 Å². The Bertz CT molecular complexity index is 1180. The summed E-state index contributed by atoms with van der Waals surface area (Å²) in [4.78, 5) is 8.70. The summed E-state index contributed by atoms with van der Waals surface area (Å²) in [7, 11) is 0. The zero-order chi connectivity index (χ0) is 19.8. The normalized spacial score (nSPS) is 16.7. The van der Waals surface area contributed by atoms with E-state index in [1.807, 2.05) is 17.7 Å².